The van der Waals surface area contributed by atoms with Crippen molar-refractivity contribution in [3.63, 3.8) is 0 Å². The molecule has 4 aromatic rings. The minimum absolute atomic E-state index is 0.106. The third-order valence-corrected chi connectivity index (χ3v) is 5.87. The molecule has 1 N–H and O–H groups in total. The molecular weight excluding hydrogens is 428 g/mol. The van der Waals surface area contributed by atoms with Gasteiger partial charge in [-0.3, -0.25) is 19.0 Å². The number of nitrogens with one attached hydrogen (secondary N) is 1. The monoisotopic (exact) mass is 450 g/mol. The Bertz CT molecular complexity index is 1420. The van der Waals surface area contributed by atoms with Crippen molar-refractivity contribution in [3.05, 3.63) is 78.6 Å². The van der Waals surface area contributed by atoms with E-state index in [2.05, 4.69) is 27.1 Å². The summed E-state index contributed by atoms with van der Waals surface area (Å²) in [5.41, 5.74) is 3.08. The van der Waals surface area contributed by atoms with Crippen molar-refractivity contribution in [2.45, 2.75) is 19.3 Å². The molecular formula is C26H22N6O2. The summed E-state index contributed by atoms with van der Waals surface area (Å²) in [5.74, 6) is 6.42. The number of hydrogen-bond donors (Lipinski definition) is 1. The van der Waals surface area contributed by atoms with E-state index in [0.29, 0.717) is 24.5 Å². The van der Waals surface area contributed by atoms with Crippen molar-refractivity contribution >= 4 is 23.1 Å². The van der Waals surface area contributed by atoms with Gasteiger partial charge in [-0.2, -0.15) is 0 Å². The predicted molar refractivity (Wildman–Crippen MR) is 128 cm³/mol. The number of hydrogen-bond acceptors (Lipinski definition) is 5. The van der Waals surface area contributed by atoms with E-state index in [4.69, 9.17) is 4.98 Å². The van der Waals surface area contributed by atoms with E-state index in [9.17, 15) is 9.59 Å². The number of likely N-dealkylation sites (tertiary alicyclic amines) is 1. The number of rotatable bonds is 4. The predicted octanol–water partition coefficient (Wildman–Crippen LogP) is 3.38. The first-order valence-corrected chi connectivity index (χ1v) is 11.0. The van der Waals surface area contributed by atoms with Crippen LogP contribution in [0.2, 0.25) is 0 Å². The second-order valence-corrected chi connectivity index (χ2v) is 8.01. The van der Waals surface area contributed by atoms with Gasteiger partial charge in [0.25, 0.3) is 11.8 Å². The van der Waals surface area contributed by atoms with Gasteiger partial charge in [0, 0.05) is 48.7 Å². The maximum Gasteiger partial charge on any atom is 0.298 e. The summed E-state index contributed by atoms with van der Waals surface area (Å²) in [5, 5.41) is 2.79. The quantitative estimate of drug-likeness (QED) is 0.481. The van der Waals surface area contributed by atoms with Crippen LogP contribution in [0.1, 0.15) is 35.4 Å². The average Bonchev–Trinajstić information content (AvgIpc) is 3.50. The third-order valence-electron chi connectivity index (χ3n) is 5.87. The number of aromatic nitrogens is 4. The summed E-state index contributed by atoms with van der Waals surface area (Å²) in [6.45, 7) is 2.91. The van der Waals surface area contributed by atoms with Gasteiger partial charge < -0.3 is 10.2 Å². The SMILES string of the molecule is CC#CC(=O)N1CC[C@@H](c2nc(-c3ccc(C(=O)Nc4ccccn4)cc3)c3cnccn23)C1. The lowest BCUT2D eigenvalue weighted by Gasteiger charge is -2.12. The summed E-state index contributed by atoms with van der Waals surface area (Å²) >= 11 is 0. The standard InChI is InChI=1S/C26H22N6O2/c1-2-5-23(33)31-14-11-20(17-31)25-30-24(21-16-27-13-15-32(21)25)18-7-9-19(10-8-18)26(34)29-22-6-3-4-12-28-22/h3-4,6-10,12-13,15-16,20H,11,14,17H2,1H3,(H,28,29,34)/t20-/m1/s1. The zero-order valence-corrected chi connectivity index (χ0v) is 18.6. The zero-order valence-electron chi connectivity index (χ0n) is 18.6. The largest absolute Gasteiger partial charge is 0.331 e. The van der Waals surface area contributed by atoms with Gasteiger partial charge in [0.1, 0.15) is 11.6 Å². The minimum Gasteiger partial charge on any atom is -0.331 e. The van der Waals surface area contributed by atoms with Gasteiger partial charge in [-0.1, -0.05) is 24.1 Å². The van der Waals surface area contributed by atoms with Gasteiger partial charge in [0.15, 0.2) is 0 Å². The second-order valence-electron chi connectivity index (χ2n) is 8.01. The van der Waals surface area contributed by atoms with Gasteiger partial charge in [-0.25, -0.2) is 9.97 Å². The highest BCUT2D eigenvalue weighted by Crippen LogP contribution is 2.32. The maximum atomic E-state index is 12.6. The van der Waals surface area contributed by atoms with E-state index in [0.717, 1.165) is 29.0 Å². The van der Waals surface area contributed by atoms with E-state index >= 15 is 0 Å². The lowest BCUT2D eigenvalue weighted by atomic mass is 10.1. The third kappa shape index (κ3) is 4.11. The molecule has 0 radical (unpaired) electrons. The minimum atomic E-state index is -0.229. The summed E-state index contributed by atoms with van der Waals surface area (Å²) in [7, 11) is 0. The molecule has 8 heteroatoms. The Balaban J connectivity index is 1.42. The Morgan fingerprint density at radius 1 is 1.12 bits per heavy atom. The topological polar surface area (TPSA) is 92.5 Å². The van der Waals surface area contributed by atoms with E-state index in [1.54, 1.807) is 54.7 Å². The molecule has 5 rings (SSSR count). The molecule has 1 saturated heterocycles. The molecule has 0 saturated carbocycles. The number of imidazole rings is 1. The highest BCUT2D eigenvalue weighted by atomic mass is 16.2. The second kappa shape index (κ2) is 9.16. The van der Waals surface area contributed by atoms with E-state index in [1.165, 1.54) is 0 Å². The first-order chi connectivity index (χ1) is 16.6. The van der Waals surface area contributed by atoms with Crippen molar-refractivity contribution in [2.24, 2.45) is 0 Å². The number of carbonyl (C=O) groups excluding carboxylic acids is 2. The lowest BCUT2D eigenvalue weighted by Crippen LogP contribution is -2.27. The summed E-state index contributed by atoms with van der Waals surface area (Å²) in [6.07, 6.45) is 7.86. The Hall–Kier alpha value is -4.51. The van der Waals surface area contributed by atoms with Crippen LogP contribution in [-0.4, -0.2) is 49.2 Å². The molecule has 0 bridgehead atoms. The van der Waals surface area contributed by atoms with Crippen molar-refractivity contribution in [1.29, 1.82) is 0 Å². The highest BCUT2D eigenvalue weighted by Gasteiger charge is 2.30. The summed E-state index contributed by atoms with van der Waals surface area (Å²) < 4.78 is 2.04. The molecule has 1 aliphatic rings. The number of anilines is 1. The molecule has 1 aliphatic heterocycles. The van der Waals surface area contributed by atoms with Crippen LogP contribution in [0.5, 0.6) is 0 Å². The number of fused-ring (bicyclic) bond motifs is 1. The fourth-order valence-electron chi connectivity index (χ4n) is 4.21. The molecule has 0 unspecified atom stereocenters. The normalized spacial score (nSPS) is 15.1. The van der Waals surface area contributed by atoms with Gasteiger partial charge in [0.2, 0.25) is 0 Å². The molecule has 0 spiro atoms. The van der Waals surface area contributed by atoms with Gasteiger partial charge in [0.05, 0.1) is 17.4 Å². The molecule has 2 amide bonds. The van der Waals surface area contributed by atoms with Crippen LogP contribution in [0.3, 0.4) is 0 Å². The van der Waals surface area contributed by atoms with Crippen molar-refractivity contribution < 1.29 is 9.59 Å². The lowest BCUT2D eigenvalue weighted by molar-refractivity contribution is -0.124. The van der Waals surface area contributed by atoms with Crippen LogP contribution in [-0.2, 0) is 4.79 Å². The number of nitrogens with zero attached hydrogens (tertiary/aromatic N) is 5. The molecule has 0 aliphatic carbocycles. The van der Waals surface area contributed by atoms with Crippen LogP contribution in [0.4, 0.5) is 5.82 Å². The fourth-order valence-corrected chi connectivity index (χ4v) is 4.21. The van der Waals surface area contributed by atoms with Crippen LogP contribution in [0.15, 0.2) is 67.3 Å². The van der Waals surface area contributed by atoms with Crippen LogP contribution < -0.4 is 5.32 Å². The number of benzene rings is 1. The van der Waals surface area contributed by atoms with Crippen molar-refractivity contribution in [1.82, 2.24) is 24.3 Å². The van der Waals surface area contributed by atoms with Crippen molar-refractivity contribution in [3.8, 4) is 23.1 Å². The molecule has 1 aromatic carbocycles. The first kappa shape index (κ1) is 21.3. The van der Waals surface area contributed by atoms with Gasteiger partial charge >= 0.3 is 0 Å². The smallest absolute Gasteiger partial charge is 0.298 e. The highest BCUT2D eigenvalue weighted by molar-refractivity contribution is 6.04. The van der Waals surface area contributed by atoms with Crippen LogP contribution in [0.25, 0.3) is 16.8 Å². The molecule has 8 nitrogen and oxygen atoms in total. The van der Waals surface area contributed by atoms with E-state index in [-0.39, 0.29) is 17.7 Å². The number of carbonyl (C=O) groups is 2. The number of pyridine rings is 1. The molecule has 1 atom stereocenters. The van der Waals surface area contributed by atoms with Crippen LogP contribution in [0, 0.1) is 11.8 Å². The van der Waals surface area contributed by atoms with Gasteiger partial charge in [-0.05, 0) is 43.5 Å². The molecule has 3 aromatic heterocycles. The Labute approximate surface area is 196 Å². The molecule has 168 valence electrons. The molecule has 34 heavy (non-hydrogen) atoms. The Morgan fingerprint density at radius 3 is 2.74 bits per heavy atom. The Kier molecular flexibility index (Phi) is 5.75. The van der Waals surface area contributed by atoms with Crippen molar-refractivity contribution in [2.75, 3.05) is 18.4 Å². The fraction of sp³-hybridized carbons (Fsp3) is 0.192. The first-order valence-electron chi connectivity index (χ1n) is 11.0. The van der Waals surface area contributed by atoms with E-state index in [1.807, 2.05) is 28.8 Å². The molecule has 1 fully saturated rings. The van der Waals surface area contributed by atoms with Gasteiger partial charge in [-0.15, -0.1) is 0 Å². The summed E-state index contributed by atoms with van der Waals surface area (Å²) in [6, 6.07) is 12.7. The zero-order chi connectivity index (χ0) is 23.5. The Morgan fingerprint density at radius 2 is 1.97 bits per heavy atom. The summed E-state index contributed by atoms with van der Waals surface area (Å²) in [4.78, 5) is 39.9. The molecule has 4 heterocycles. The average molecular weight is 451 g/mol. The van der Waals surface area contributed by atoms with Crippen LogP contribution >= 0.6 is 0 Å². The maximum absolute atomic E-state index is 12.6. The van der Waals surface area contributed by atoms with E-state index < -0.39 is 0 Å². The number of amides is 2.